The number of halogens is 3. The van der Waals surface area contributed by atoms with Crippen molar-refractivity contribution in [2.75, 3.05) is 62.7 Å². The van der Waals surface area contributed by atoms with Gasteiger partial charge in [-0.3, -0.25) is 9.59 Å². The van der Waals surface area contributed by atoms with Gasteiger partial charge in [-0.05, 0) is 104 Å². The second-order valence-electron chi connectivity index (χ2n) is 17.6. The molecular formula is C41H58ClF2N7O9S. The number of anilines is 2. The number of pyridine rings is 1. The Bertz CT molecular complexity index is 2000. The van der Waals surface area contributed by atoms with Gasteiger partial charge in [0.15, 0.2) is 0 Å². The van der Waals surface area contributed by atoms with Crippen LogP contribution in [0.1, 0.15) is 79.2 Å². The molecule has 2 saturated heterocycles. The van der Waals surface area contributed by atoms with Gasteiger partial charge in [0, 0.05) is 82.4 Å². The number of alkyl halides is 2. The number of nitrogens with one attached hydrogen (secondary N) is 3. The normalized spacial score (nSPS) is 21.1. The van der Waals surface area contributed by atoms with Gasteiger partial charge >= 0.3 is 12.2 Å². The summed E-state index contributed by atoms with van der Waals surface area (Å²) >= 11 is 6.30. The molecule has 0 radical (unpaired) electrons. The molecule has 1 saturated carbocycles. The maximum atomic E-state index is 16.1. The van der Waals surface area contributed by atoms with Gasteiger partial charge in [-0.2, -0.15) is 4.31 Å². The molecule has 5 rings (SSSR count). The van der Waals surface area contributed by atoms with Crippen molar-refractivity contribution in [1.29, 1.82) is 0 Å². The van der Waals surface area contributed by atoms with Gasteiger partial charge in [0.05, 0.1) is 17.0 Å². The molecule has 2 aliphatic heterocycles. The van der Waals surface area contributed by atoms with Crippen LogP contribution in [0.25, 0.3) is 0 Å². The standard InChI is InChI=1S/C41H58ClF2N7O9S/c1-39(2,3)59-37(54)46-24-31(58-7)23-45-36(53)26-8-10-27(11-9-26)41(43,44)28-20-33(42)48-34(21-28)49-16-18-50(19-17-49)61(56,57)32-14-12-30(13-15-32)51-25-29(22-35(51)52)47-38(55)60-40(4,5)6/h12-15,20-21,26-27,29,31H,8-11,16-19,22-25H2,1-7H3,(H,45,53)(H,46,54)(H,47,55)/t26-,27-,29-,31?/m1/s1. The van der Waals surface area contributed by atoms with Gasteiger partial charge in [-0.15, -0.1) is 0 Å². The summed E-state index contributed by atoms with van der Waals surface area (Å²) in [5, 5.41) is 8.01. The van der Waals surface area contributed by atoms with Crippen LogP contribution in [0.4, 0.5) is 29.9 Å². The van der Waals surface area contributed by atoms with Crippen molar-refractivity contribution < 1.29 is 50.6 Å². The van der Waals surface area contributed by atoms with E-state index in [9.17, 15) is 27.6 Å². The summed E-state index contributed by atoms with van der Waals surface area (Å²) in [6, 6.07) is 7.93. The molecule has 3 aliphatic rings. The van der Waals surface area contributed by atoms with Gasteiger partial charge in [0.25, 0.3) is 5.92 Å². The van der Waals surface area contributed by atoms with Crippen LogP contribution in [0.5, 0.6) is 0 Å². The van der Waals surface area contributed by atoms with Gasteiger partial charge in [-0.1, -0.05) is 11.6 Å². The minimum atomic E-state index is -3.94. The van der Waals surface area contributed by atoms with Crippen molar-refractivity contribution in [1.82, 2.24) is 25.2 Å². The molecule has 1 aliphatic carbocycles. The number of hydrogen-bond acceptors (Lipinski definition) is 11. The monoisotopic (exact) mass is 897 g/mol. The molecule has 338 valence electrons. The highest BCUT2D eigenvalue weighted by molar-refractivity contribution is 7.89. The molecule has 3 N–H and O–H groups in total. The van der Waals surface area contributed by atoms with E-state index in [2.05, 4.69) is 20.9 Å². The van der Waals surface area contributed by atoms with E-state index in [1.165, 1.54) is 34.5 Å². The third-order valence-electron chi connectivity index (χ3n) is 10.7. The summed E-state index contributed by atoms with van der Waals surface area (Å²) in [4.78, 5) is 57.5. The lowest BCUT2D eigenvalue weighted by Gasteiger charge is -2.36. The van der Waals surface area contributed by atoms with Crippen LogP contribution < -0.4 is 25.8 Å². The molecule has 4 amide bonds. The van der Waals surface area contributed by atoms with E-state index in [-0.39, 0.29) is 111 Å². The number of methoxy groups -OCH3 is 1. The van der Waals surface area contributed by atoms with E-state index in [1.807, 2.05) is 0 Å². The van der Waals surface area contributed by atoms with E-state index < -0.39 is 63.3 Å². The number of alkyl carbamates (subject to hydrolysis) is 2. The predicted molar refractivity (Wildman–Crippen MR) is 224 cm³/mol. The van der Waals surface area contributed by atoms with Crippen LogP contribution in [0, 0.1) is 11.8 Å². The zero-order chi connectivity index (χ0) is 44.9. The van der Waals surface area contributed by atoms with Crippen LogP contribution in [0.2, 0.25) is 5.15 Å². The average Bonchev–Trinajstić information content (AvgIpc) is 3.55. The first kappa shape index (κ1) is 47.7. The van der Waals surface area contributed by atoms with Crippen LogP contribution in [0.3, 0.4) is 0 Å². The second kappa shape index (κ2) is 19.4. The molecule has 1 aromatic carbocycles. The Labute approximate surface area is 361 Å². The molecule has 2 aromatic rings. The zero-order valence-corrected chi connectivity index (χ0v) is 37.3. The molecular weight excluding hydrogens is 840 g/mol. The Morgan fingerprint density at radius 2 is 1.48 bits per heavy atom. The summed E-state index contributed by atoms with van der Waals surface area (Å²) in [5.41, 5.74) is -1.17. The number of ether oxygens (including phenoxy) is 3. The van der Waals surface area contributed by atoms with Gasteiger partial charge < -0.3 is 40.0 Å². The van der Waals surface area contributed by atoms with Crippen molar-refractivity contribution in [2.45, 2.75) is 108 Å². The minimum Gasteiger partial charge on any atom is -0.444 e. The molecule has 1 unspecified atom stereocenters. The van der Waals surface area contributed by atoms with Crippen molar-refractivity contribution in [3.8, 4) is 0 Å². The van der Waals surface area contributed by atoms with Crippen LogP contribution in [-0.2, 0) is 39.7 Å². The van der Waals surface area contributed by atoms with Crippen molar-refractivity contribution in [2.24, 2.45) is 11.8 Å². The quantitative estimate of drug-likeness (QED) is 0.218. The van der Waals surface area contributed by atoms with E-state index >= 15 is 8.78 Å². The van der Waals surface area contributed by atoms with E-state index in [0.717, 1.165) is 6.07 Å². The fourth-order valence-corrected chi connectivity index (χ4v) is 9.16. The average molecular weight is 898 g/mol. The van der Waals surface area contributed by atoms with Crippen molar-refractivity contribution in [3.63, 3.8) is 0 Å². The Balaban J connectivity index is 1.12. The fraction of sp³-hybridized carbons (Fsp3) is 0.634. The Morgan fingerprint density at radius 3 is 2.07 bits per heavy atom. The summed E-state index contributed by atoms with van der Waals surface area (Å²) in [6.07, 6.45) is -0.957. The van der Waals surface area contributed by atoms with Crippen LogP contribution in [-0.4, -0.2) is 118 Å². The third-order valence-corrected chi connectivity index (χ3v) is 12.8. The number of piperazine rings is 1. The lowest BCUT2D eigenvalue weighted by Crippen LogP contribution is -2.49. The number of rotatable bonds is 13. The van der Waals surface area contributed by atoms with Crippen molar-refractivity contribution >= 4 is 57.1 Å². The second-order valence-corrected chi connectivity index (χ2v) is 20.0. The topological polar surface area (TPSA) is 189 Å². The number of hydrogen-bond donors (Lipinski definition) is 3. The number of nitrogens with zero attached hydrogens (tertiary/aromatic N) is 4. The Morgan fingerprint density at radius 1 is 0.885 bits per heavy atom. The summed E-state index contributed by atoms with van der Waals surface area (Å²) in [7, 11) is -2.49. The van der Waals surface area contributed by atoms with E-state index in [0.29, 0.717) is 5.69 Å². The van der Waals surface area contributed by atoms with E-state index in [1.54, 1.807) is 58.6 Å². The predicted octanol–water partition coefficient (Wildman–Crippen LogP) is 5.43. The SMILES string of the molecule is COC(CNC(=O)OC(C)(C)C)CNC(=O)[C@H]1CC[C@H](C(F)(F)c2cc(Cl)nc(N3CCN(S(=O)(=O)c4ccc(N5C[C@H](NC(=O)OC(C)(C)C)CC5=O)cc4)CC3)c2)CC1. The molecule has 61 heavy (non-hydrogen) atoms. The Hall–Kier alpha value is -4.33. The third kappa shape index (κ3) is 12.9. The highest BCUT2D eigenvalue weighted by atomic mass is 35.5. The van der Waals surface area contributed by atoms with Crippen molar-refractivity contribution in [3.05, 3.63) is 47.1 Å². The maximum absolute atomic E-state index is 16.1. The largest absolute Gasteiger partial charge is 0.444 e. The lowest BCUT2D eigenvalue weighted by atomic mass is 9.77. The number of benzene rings is 1. The summed E-state index contributed by atoms with van der Waals surface area (Å²) < 4.78 is 76.7. The first-order valence-electron chi connectivity index (χ1n) is 20.4. The van der Waals surface area contributed by atoms with Gasteiger partial charge in [-0.25, -0.2) is 31.8 Å². The molecule has 1 aromatic heterocycles. The van der Waals surface area contributed by atoms with E-state index in [4.69, 9.17) is 25.8 Å². The molecule has 3 heterocycles. The molecule has 16 nitrogen and oxygen atoms in total. The molecule has 2 atom stereocenters. The first-order chi connectivity index (χ1) is 28.4. The number of carbonyl (C=O) groups is 4. The lowest BCUT2D eigenvalue weighted by molar-refractivity contribution is -0.129. The smallest absolute Gasteiger partial charge is 0.407 e. The number of carbonyl (C=O) groups excluding carboxylic acids is 4. The molecule has 0 bridgehead atoms. The number of aromatic nitrogens is 1. The van der Waals surface area contributed by atoms with Crippen LogP contribution in [0.15, 0.2) is 41.3 Å². The first-order valence-corrected chi connectivity index (χ1v) is 22.2. The van der Waals surface area contributed by atoms with Gasteiger partial charge in [0.1, 0.15) is 22.2 Å². The Kier molecular flexibility index (Phi) is 15.2. The highest BCUT2D eigenvalue weighted by Gasteiger charge is 2.45. The van der Waals surface area contributed by atoms with Crippen LogP contribution >= 0.6 is 11.6 Å². The fourth-order valence-electron chi connectivity index (χ4n) is 7.53. The number of amides is 4. The highest BCUT2D eigenvalue weighted by Crippen LogP contribution is 2.46. The summed E-state index contributed by atoms with van der Waals surface area (Å²) in [6.45, 7) is 11.3. The maximum Gasteiger partial charge on any atom is 0.407 e. The number of sulfonamides is 1. The molecule has 0 spiro atoms. The molecule has 3 fully saturated rings. The van der Waals surface area contributed by atoms with Gasteiger partial charge in [0.2, 0.25) is 21.8 Å². The molecule has 20 heteroatoms. The zero-order valence-electron chi connectivity index (χ0n) is 35.8. The summed E-state index contributed by atoms with van der Waals surface area (Å²) in [5.74, 6) is -5.06. The minimum absolute atomic E-state index is 0.0292.